The molecule has 2 aliphatic heterocycles. The fraction of sp³-hybridized carbons (Fsp3) is 0.238. The van der Waals surface area contributed by atoms with Crippen molar-refractivity contribution < 1.29 is 28.5 Å². The lowest BCUT2D eigenvalue weighted by Gasteiger charge is -2.20. The average Bonchev–Trinajstić information content (AvgIpc) is 2.98. The Kier molecular flexibility index (Phi) is 4.95. The number of benzene rings is 2. The van der Waals surface area contributed by atoms with Gasteiger partial charge in [-0.15, -0.1) is 0 Å². The summed E-state index contributed by atoms with van der Waals surface area (Å²) < 4.78 is 23.2. The lowest BCUT2D eigenvalue weighted by atomic mass is 10.0. The number of rotatable bonds is 4. The predicted molar refractivity (Wildman–Crippen MR) is 105 cm³/mol. The van der Waals surface area contributed by atoms with Crippen LogP contribution in [0.2, 0.25) is 0 Å². The van der Waals surface area contributed by atoms with Crippen molar-refractivity contribution in [1.82, 2.24) is 0 Å². The van der Waals surface area contributed by atoms with Crippen LogP contribution in [-0.2, 0) is 16.1 Å². The van der Waals surface area contributed by atoms with Crippen LogP contribution in [0.5, 0.6) is 17.2 Å². The third-order valence-electron chi connectivity index (χ3n) is 4.46. The molecular formula is C21H17BrO6. The van der Waals surface area contributed by atoms with Crippen LogP contribution < -0.4 is 14.2 Å². The van der Waals surface area contributed by atoms with Crippen molar-refractivity contribution in [2.45, 2.75) is 20.5 Å². The standard InChI is InChI=1S/C21H17BrO6/c1-11(23)8-26-17-4-3-16-19(24)18(28-20(16)12(17)2)7-13-5-15(22)6-14-9-25-10-27-21(13)14/h3-7H,8-10H2,1-2H3/b18-7-. The molecule has 7 heteroatoms. The van der Waals surface area contributed by atoms with Crippen molar-refractivity contribution in [2.24, 2.45) is 0 Å². The molecule has 0 N–H and O–H groups in total. The van der Waals surface area contributed by atoms with Crippen LogP contribution >= 0.6 is 15.9 Å². The topological polar surface area (TPSA) is 71.1 Å². The van der Waals surface area contributed by atoms with Crippen molar-refractivity contribution in [2.75, 3.05) is 13.4 Å². The van der Waals surface area contributed by atoms with Gasteiger partial charge in [0, 0.05) is 21.2 Å². The van der Waals surface area contributed by atoms with Crippen LogP contribution in [-0.4, -0.2) is 25.0 Å². The minimum Gasteiger partial charge on any atom is -0.485 e. The maximum Gasteiger partial charge on any atom is 0.231 e. The number of allylic oxidation sites excluding steroid dienone is 1. The van der Waals surface area contributed by atoms with Crippen LogP contribution in [0.15, 0.2) is 34.5 Å². The highest BCUT2D eigenvalue weighted by Crippen LogP contribution is 2.40. The monoisotopic (exact) mass is 444 g/mol. The number of carbonyl (C=O) groups is 2. The van der Waals surface area contributed by atoms with E-state index in [9.17, 15) is 9.59 Å². The summed E-state index contributed by atoms with van der Waals surface area (Å²) >= 11 is 3.47. The second kappa shape index (κ2) is 7.41. The average molecular weight is 445 g/mol. The number of halogens is 1. The molecule has 0 saturated heterocycles. The normalized spacial score (nSPS) is 16.2. The molecule has 2 aliphatic rings. The molecule has 0 fully saturated rings. The number of ether oxygens (including phenoxy) is 4. The summed E-state index contributed by atoms with van der Waals surface area (Å²) in [5, 5.41) is 0. The minimum atomic E-state index is -0.211. The minimum absolute atomic E-state index is 0.0279. The van der Waals surface area contributed by atoms with E-state index >= 15 is 0 Å². The van der Waals surface area contributed by atoms with E-state index in [2.05, 4.69) is 15.9 Å². The summed E-state index contributed by atoms with van der Waals surface area (Å²) in [5.74, 6) is 1.56. The first-order chi connectivity index (χ1) is 13.4. The van der Waals surface area contributed by atoms with Crippen LogP contribution in [0.3, 0.4) is 0 Å². The van der Waals surface area contributed by atoms with Gasteiger partial charge in [0.2, 0.25) is 5.78 Å². The van der Waals surface area contributed by atoms with Gasteiger partial charge in [0.15, 0.2) is 18.3 Å². The van der Waals surface area contributed by atoms with Gasteiger partial charge >= 0.3 is 0 Å². The van der Waals surface area contributed by atoms with Gasteiger partial charge in [0.05, 0.1) is 12.2 Å². The van der Waals surface area contributed by atoms with Gasteiger partial charge in [0.25, 0.3) is 0 Å². The quantitative estimate of drug-likeness (QED) is 0.657. The summed E-state index contributed by atoms with van der Waals surface area (Å²) in [4.78, 5) is 24.0. The number of Topliss-reactive ketones (excluding diaryl/α,β-unsaturated/α-hetero) is 2. The Bertz CT molecular complexity index is 1020. The fourth-order valence-electron chi connectivity index (χ4n) is 3.16. The molecule has 2 heterocycles. The second-order valence-corrected chi connectivity index (χ2v) is 7.51. The summed E-state index contributed by atoms with van der Waals surface area (Å²) in [6, 6.07) is 7.13. The van der Waals surface area contributed by atoms with Crippen molar-refractivity contribution in [3.8, 4) is 17.2 Å². The van der Waals surface area contributed by atoms with E-state index < -0.39 is 0 Å². The van der Waals surface area contributed by atoms with E-state index in [0.717, 1.165) is 15.6 Å². The number of hydrogen-bond donors (Lipinski definition) is 0. The maximum absolute atomic E-state index is 12.8. The molecule has 0 radical (unpaired) electrons. The Hall–Kier alpha value is -2.64. The van der Waals surface area contributed by atoms with Gasteiger partial charge in [0.1, 0.15) is 23.9 Å². The van der Waals surface area contributed by atoms with Gasteiger partial charge in [-0.05, 0) is 44.2 Å². The predicted octanol–water partition coefficient (Wildman–Crippen LogP) is 4.21. The summed E-state index contributed by atoms with van der Waals surface area (Å²) in [6.45, 7) is 3.83. The Morgan fingerprint density at radius 2 is 2.11 bits per heavy atom. The summed E-state index contributed by atoms with van der Waals surface area (Å²) in [6.07, 6.45) is 1.67. The molecular weight excluding hydrogens is 428 g/mol. The summed E-state index contributed by atoms with van der Waals surface area (Å²) in [7, 11) is 0. The van der Waals surface area contributed by atoms with E-state index in [-0.39, 0.29) is 30.7 Å². The van der Waals surface area contributed by atoms with E-state index in [1.54, 1.807) is 25.1 Å². The van der Waals surface area contributed by atoms with E-state index in [4.69, 9.17) is 18.9 Å². The molecule has 0 aromatic heterocycles. The SMILES string of the molecule is CC(=O)COc1ccc2c(c1C)O/C(=C\c1cc(Br)cc3c1OCOC3)C2=O. The Morgan fingerprint density at radius 1 is 1.29 bits per heavy atom. The van der Waals surface area contributed by atoms with Crippen LogP contribution in [0, 0.1) is 6.92 Å². The van der Waals surface area contributed by atoms with E-state index in [1.807, 2.05) is 12.1 Å². The molecule has 6 nitrogen and oxygen atoms in total. The second-order valence-electron chi connectivity index (χ2n) is 6.59. The third-order valence-corrected chi connectivity index (χ3v) is 4.92. The van der Waals surface area contributed by atoms with Crippen molar-refractivity contribution >= 4 is 33.6 Å². The molecule has 0 saturated carbocycles. The highest BCUT2D eigenvalue weighted by molar-refractivity contribution is 9.10. The molecule has 2 aromatic carbocycles. The Morgan fingerprint density at radius 3 is 2.89 bits per heavy atom. The molecule has 0 unspecified atom stereocenters. The zero-order chi connectivity index (χ0) is 19.8. The van der Waals surface area contributed by atoms with Gasteiger partial charge in [-0.3, -0.25) is 9.59 Å². The van der Waals surface area contributed by atoms with Crippen molar-refractivity contribution in [1.29, 1.82) is 0 Å². The lowest BCUT2D eigenvalue weighted by molar-refractivity contribution is -0.118. The van der Waals surface area contributed by atoms with Gasteiger partial charge in [-0.25, -0.2) is 0 Å². The van der Waals surface area contributed by atoms with Gasteiger partial charge in [-0.2, -0.15) is 0 Å². The molecule has 0 atom stereocenters. The van der Waals surface area contributed by atoms with Gasteiger partial charge < -0.3 is 18.9 Å². The zero-order valence-corrected chi connectivity index (χ0v) is 16.9. The highest BCUT2D eigenvalue weighted by atomic mass is 79.9. The molecule has 0 spiro atoms. The Balaban J connectivity index is 1.69. The number of ketones is 2. The number of fused-ring (bicyclic) bond motifs is 2. The maximum atomic E-state index is 12.8. The molecule has 0 amide bonds. The van der Waals surface area contributed by atoms with E-state index in [1.165, 1.54) is 6.92 Å². The first kappa shape index (κ1) is 18.7. The third kappa shape index (κ3) is 3.43. The number of hydrogen-bond acceptors (Lipinski definition) is 6. The zero-order valence-electron chi connectivity index (χ0n) is 15.3. The van der Waals surface area contributed by atoms with Crippen LogP contribution in [0.4, 0.5) is 0 Å². The van der Waals surface area contributed by atoms with Crippen molar-refractivity contribution in [3.63, 3.8) is 0 Å². The first-order valence-electron chi connectivity index (χ1n) is 8.67. The van der Waals surface area contributed by atoms with Crippen molar-refractivity contribution in [3.05, 3.63) is 56.8 Å². The molecule has 144 valence electrons. The molecule has 0 bridgehead atoms. The van der Waals surface area contributed by atoms with Crippen LogP contribution in [0.1, 0.15) is 34.0 Å². The highest BCUT2D eigenvalue weighted by Gasteiger charge is 2.31. The smallest absolute Gasteiger partial charge is 0.231 e. The molecule has 28 heavy (non-hydrogen) atoms. The van der Waals surface area contributed by atoms with E-state index in [0.29, 0.717) is 35.0 Å². The molecule has 0 aliphatic carbocycles. The largest absolute Gasteiger partial charge is 0.485 e. The van der Waals surface area contributed by atoms with Crippen LogP contribution in [0.25, 0.3) is 6.08 Å². The summed E-state index contributed by atoms with van der Waals surface area (Å²) in [5.41, 5.74) is 2.77. The fourth-order valence-corrected chi connectivity index (χ4v) is 3.68. The molecule has 2 aromatic rings. The van der Waals surface area contributed by atoms with Gasteiger partial charge in [-0.1, -0.05) is 15.9 Å². The first-order valence-corrected chi connectivity index (χ1v) is 9.46. The lowest BCUT2D eigenvalue weighted by Crippen LogP contribution is -2.12. The number of carbonyl (C=O) groups excluding carboxylic acids is 2. The molecule has 4 rings (SSSR count). The Labute approximate surface area is 170 Å².